The molecule has 2 atom stereocenters. The van der Waals surface area contributed by atoms with E-state index in [2.05, 4.69) is 5.32 Å². The van der Waals surface area contributed by atoms with Crippen molar-refractivity contribution in [2.75, 3.05) is 18.1 Å². The molecule has 6 nitrogen and oxygen atoms in total. The number of carbonyl (C=O) groups is 2. The van der Waals surface area contributed by atoms with Crippen molar-refractivity contribution in [2.45, 2.75) is 33.3 Å². The molecule has 36 heavy (non-hydrogen) atoms. The minimum Gasteiger partial charge on any atom is -0.461 e. The lowest BCUT2D eigenvalue weighted by Gasteiger charge is -2.18. The van der Waals surface area contributed by atoms with Gasteiger partial charge in [0.1, 0.15) is 6.61 Å². The Balaban J connectivity index is 1.43. The highest BCUT2D eigenvalue weighted by atomic mass is 31.1. The number of nitrogens with one attached hydrogen (secondary N) is 1. The predicted molar refractivity (Wildman–Crippen MR) is 144 cm³/mol. The van der Waals surface area contributed by atoms with Crippen LogP contribution in [0, 0.1) is 11.8 Å². The van der Waals surface area contributed by atoms with Gasteiger partial charge in [0.25, 0.3) is 5.91 Å². The number of carbonyl (C=O) groups excluding carboxylic acids is 2. The van der Waals surface area contributed by atoms with Crippen LogP contribution in [0.25, 0.3) is 0 Å². The van der Waals surface area contributed by atoms with Crippen LogP contribution in [-0.2, 0) is 31.6 Å². The Kier molecular flexibility index (Phi) is 10.9. The molecule has 0 heterocycles. The molecule has 0 spiro atoms. The first kappa shape index (κ1) is 27.4. The second-order valence-corrected chi connectivity index (χ2v) is 10.6. The van der Waals surface area contributed by atoms with Crippen molar-refractivity contribution in [3.05, 3.63) is 102 Å². The summed E-state index contributed by atoms with van der Waals surface area (Å²) in [4.78, 5) is 24.9. The molecule has 0 radical (unpaired) electrons. The molecule has 0 aliphatic heterocycles. The average molecular weight is 508 g/mol. The topological polar surface area (TPSA) is 81.7 Å². The number of esters is 1. The monoisotopic (exact) mass is 507 g/mol. The minimum absolute atomic E-state index is 0.163. The van der Waals surface area contributed by atoms with Gasteiger partial charge in [-0.05, 0) is 54.2 Å². The number of amides is 1. The normalized spacial score (nSPS) is 12.6. The van der Waals surface area contributed by atoms with E-state index < -0.39 is 13.9 Å². The van der Waals surface area contributed by atoms with Crippen LogP contribution in [-0.4, -0.2) is 24.6 Å². The zero-order valence-corrected chi connectivity index (χ0v) is 21.8. The van der Waals surface area contributed by atoms with Crippen molar-refractivity contribution in [1.29, 1.82) is 0 Å². The number of benzene rings is 3. The molecule has 7 heteroatoms. The van der Waals surface area contributed by atoms with Gasteiger partial charge in [-0.1, -0.05) is 74.5 Å². The van der Waals surface area contributed by atoms with E-state index in [1.165, 1.54) is 0 Å². The molecule has 3 rings (SSSR count). The van der Waals surface area contributed by atoms with Crippen LogP contribution in [0.2, 0.25) is 0 Å². The van der Waals surface area contributed by atoms with Crippen LogP contribution < -0.4 is 5.32 Å². The molecule has 190 valence electrons. The fraction of sp³-hybridized carbons (Fsp3) is 0.310. The van der Waals surface area contributed by atoms with Gasteiger partial charge < -0.3 is 14.6 Å². The molecule has 0 aliphatic carbocycles. The van der Waals surface area contributed by atoms with Crippen LogP contribution in [0.15, 0.2) is 84.9 Å². The fourth-order valence-electron chi connectivity index (χ4n) is 3.77. The number of ether oxygens (including phenoxy) is 1. The minimum atomic E-state index is -2.39. The van der Waals surface area contributed by atoms with E-state index in [4.69, 9.17) is 9.26 Å². The molecule has 3 aromatic carbocycles. The van der Waals surface area contributed by atoms with Crippen LogP contribution in [0.3, 0.4) is 0 Å². The molecular weight excluding hydrogens is 473 g/mol. The maximum absolute atomic E-state index is 12.7. The summed E-state index contributed by atoms with van der Waals surface area (Å²) in [6.07, 6.45) is 1.36. The van der Waals surface area contributed by atoms with E-state index in [0.717, 1.165) is 11.1 Å². The number of rotatable bonds is 13. The maximum Gasteiger partial charge on any atom is 0.309 e. The Hall–Kier alpha value is -3.21. The van der Waals surface area contributed by atoms with Crippen molar-refractivity contribution < 1.29 is 23.4 Å². The van der Waals surface area contributed by atoms with Gasteiger partial charge in [-0.3, -0.25) is 14.2 Å². The summed E-state index contributed by atoms with van der Waals surface area (Å²) in [5.74, 6) is -0.672. The molecule has 1 amide bonds. The third-order valence-corrected chi connectivity index (χ3v) is 6.98. The summed E-state index contributed by atoms with van der Waals surface area (Å²) in [7, 11) is -2.39. The number of anilines is 1. The number of hydrogen-bond donors (Lipinski definition) is 1. The lowest BCUT2D eigenvalue weighted by atomic mass is 9.99. The summed E-state index contributed by atoms with van der Waals surface area (Å²) in [5.41, 5.74) is 3.22. The summed E-state index contributed by atoms with van der Waals surface area (Å²) in [6.45, 7) is 4.56. The first-order valence-corrected chi connectivity index (χ1v) is 13.7. The van der Waals surface area contributed by atoms with E-state index in [0.29, 0.717) is 30.7 Å². The Morgan fingerprint density at radius 3 is 2.14 bits per heavy atom. The van der Waals surface area contributed by atoms with Gasteiger partial charge in [0.2, 0.25) is 0 Å². The summed E-state index contributed by atoms with van der Waals surface area (Å²) >= 11 is 0. The summed E-state index contributed by atoms with van der Waals surface area (Å²) < 4.78 is 23.7. The Bertz CT molecular complexity index is 1120. The third-order valence-electron chi connectivity index (χ3n) is 5.63. The second-order valence-electron chi connectivity index (χ2n) is 9.11. The van der Waals surface area contributed by atoms with Crippen molar-refractivity contribution in [3.63, 3.8) is 0 Å². The highest BCUT2D eigenvalue weighted by molar-refractivity contribution is 7.39. The Morgan fingerprint density at radius 2 is 1.50 bits per heavy atom. The lowest BCUT2D eigenvalue weighted by Crippen LogP contribution is -2.22. The van der Waals surface area contributed by atoms with Gasteiger partial charge in [-0.15, -0.1) is 0 Å². The van der Waals surface area contributed by atoms with E-state index in [1.807, 2.05) is 86.6 Å². The highest BCUT2D eigenvalue weighted by Gasteiger charge is 2.24. The van der Waals surface area contributed by atoms with Crippen LogP contribution in [0.4, 0.5) is 5.69 Å². The Labute approximate surface area is 213 Å². The third kappa shape index (κ3) is 9.44. The lowest BCUT2D eigenvalue weighted by molar-refractivity contribution is -0.149. The highest BCUT2D eigenvalue weighted by Crippen LogP contribution is 2.30. The molecular formula is C29H34NO5P. The van der Waals surface area contributed by atoms with E-state index >= 15 is 0 Å². The van der Waals surface area contributed by atoms with Crippen molar-refractivity contribution in [2.24, 2.45) is 11.8 Å². The van der Waals surface area contributed by atoms with Crippen molar-refractivity contribution in [3.8, 4) is 0 Å². The quantitative estimate of drug-likeness (QED) is 0.215. The van der Waals surface area contributed by atoms with E-state index in [1.54, 1.807) is 12.1 Å². The molecule has 2 unspecified atom stereocenters. The Morgan fingerprint density at radius 1 is 0.861 bits per heavy atom. The summed E-state index contributed by atoms with van der Waals surface area (Å²) in [6, 6.07) is 26.0. The second kappa shape index (κ2) is 14.4. The van der Waals surface area contributed by atoms with Gasteiger partial charge in [-0.25, -0.2) is 0 Å². The SMILES string of the molecule is CC(C)CC(C[PH](=O)OCCc1ccc(NC(=O)c2ccccc2)cc1)C(=O)OCc1ccccc1. The van der Waals surface area contributed by atoms with Crippen molar-refractivity contribution >= 4 is 25.6 Å². The molecule has 0 aromatic heterocycles. The van der Waals surface area contributed by atoms with E-state index in [-0.39, 0.29) is 30.6 Å². The molecule has 1 N–H and O–H groups in total. The van der Waals surface area contributed by atoms with Gasteiger partial charge in [0, 0.05) is 17.4 Å². The van der Waals surface area contributed by atoms with Crippen LogP contribution in [0.5, 0.6) is 0 Å². The molecule has 0 saturated heterocycles. The molecule has 0 fully saturated rings. The van der Waals surface area contributed by atoms with Gasteiger partial charge >= 0.3 is 5.97 Å². The summed E-state index contributed by atoms with van der Waals surface area (Å²) in [5, 5.41) is 2.87. The van der Waals surface area contributed by atoms with Gasteiger partial charge in [0.15, 0.2) is 8.03 Å². The maximum atomic E-state index is 12.7. The first-order valence-electron chi connectivity index (χ1n) is 12.2. The van der Waals surface area contributed by atoms with Crippen LogP contribution >= 0.6 is 8.03 Å². The zero-order valence-electron chi connectivity index (χ0n) is 20.8. The average Bonchev–Trinajstić information content (AvgIpc) is 2.88. The largest absolute Gasteiger partial charge is 0.461 e. The molecule has 0 saturated carbocycles. The predicted octanol–water partition coefficient (Wildman–Crippen LogP) is 6.38. The van der Waals surface area contributed by atoms with Gasteiger partial charge in [-0.2, -0.15) is 0 Å². The molecule has 3 aromatic rings. The first-order chi connectivity index (χ1) is 17.4. The smallest absolute Gasteiger partial charge is 0.309 e. The van der Waals surface area contributed by atoms with E-state index in [9.17, 15) is 14.2 Å². The molecule has 0 aliphatic rings. The van der Waals surface area contributed by atoms with Crippen molar-refractivity contribution in [1.82, 2.24) is 0 Å². The fourth-order valence-corrected chi connectivity index (χ4v) is 4.95. The zero-order chi connectivity index (χ0) is 25.8. The van der Waals surface area contributed by atoms with Gasteiger partial charge in [0.05, 0.1) is 12.5 Å². The molecule has 0 bridgehead atoms. The van der Waals surface area contributed by atoms with Crippen LogP contribution in [0.1, 0.15) is 41.8 Å². The number of hydrogen-bond acceptors (Lipinski definition) is 5. The standard InChI is InChI=1S/C29H34NO5P/c1-22(2)19-26(29(32)34-20-24-9-5-3-6-10-24)21-36(33)35-18-17-23-13-15-27(16-14-23)30-28(31)25-11-7-4-8-12-25/h3-16,22,26,36H,17-21H2,1-2H3,(H,30,31).